The van der Waals surface area contributed by atoms with Crippen molar-refractivity contribution in [3.8, 4) is 11.3 Å². The number of aromatic nitrogens is 3. The van der Waals surface area contributed by atoms with Crippen molar-refractivity contribution in [3.63, 3.8) is 0 Å². The molecule has 0 bridgehead atoms. The van der Waals surface area contributed by atoms with Crippen molar-refractivity contribution >= 4 is 17.3 Å². The van der Waals surface area contributed by atoms with Gasteiger partial charge in [-0.25, -0.2) is 14.4 Å². The number of nitrogens with two attached hydrogens (primary N) is 1. The first-order chi connectivity index (χ1) is 10.2. The van der Waals surface area contributed by atoms with Crippen molar-refractivity contribution in [3.05, 3.63) is 60.8 Å². The van der Waals surface area contributed by atoms with Crippen LogP contribution >= 0.6 is 0 Å². The summed E-state index contributed by atoms with van der Waals surface area (Å²) in [6.07, 6.45) is 5.07. The maximum absolute atomic E-state index is 13.1. The van der Waals surface area contributed by atoms with Gasteiger partial charge in [-0.2, -0.15) is 0 Å². The fourth-order valence-electron chi connectivity index (χ4n) is 1.84. The van der Waals surface area contributed by atoms with E-state index in [1.807, 2.05) is 12.1 Å². The zero-order valence-corrected chi connectivity index (χ0v) is 11.0. The van der Waals surface area contributed by atoms with E-state index < -0.39 is 5.82 Å². The van der Waals surface area contributed by atoms with E-state index in [0.717, 1.165) is 11.3 Å². The molecule has 0 aliphatic heterocycles. The lowest BCUT2D eigenvalue weighted by atomic mass is 10.2. The molecule has 3 rings (SSSR count). The quantitative estimate of drug-likeness (QED) is 0.722. The molecular weight excluding hydrogens is 269 g/mol. The van der Waals surface area contributed by atoms with Gasteiger partial charge in [0.25, 0.3) is 0 Å². The van der Waals surface area contributed by atoms with Crippen LogP contribution in [0.15, 0.2) is 55.0 Å². The highest BCUT2D eigenvalue weighted by molar-refractivity contribution is 5.63. The van der Waals surface area contributed by atoms with E-state index >= 15 is 0 Å². The van der Waals surface area contributed by atoms with Crippen molar-refractivity contribution in [2.75, 3.05) is 11.1 Å². The molecule has 0 spiro atoms. The average Bonchev–Trinajstić information content (AvgIpc) is 2.52. The fourth-order valence-corrected chi connectivity index (χ4v) is 1.84. The Kier molecular flexibility index (Phi) is 3.42. The van der Waals surface area contributed by atoms with Gasteiger partial charge in [0.15, 0.2) is 0 Å². The summed E-state index contributed by atoms with van der Waals surface area (Å²) >= 11 is 0. The number of rotatable bonds is 3. The number of pyridine rings is 1. The Morgan fingerprint density at radius 3 is 2.76 bits per heavy atom. The maximum Gasteiger partial charge on any atom is 0.227 e. The molecule has 3 N–H and O–H groups in total. The SMILES string of the molecule is Nc1cc(Nc2nccc(-c3cccnc3)n2)ccc1F. The molecule has 0 atom stereocenters. The van der Waals surface area contributed by atoms with E-state index in [1.54, 1.807) is 30.7 Å². The summed E-state index contributed by atoms with van der Waals surface area (Å²) in [6, 6.07) is 9.91. The standard InChI is InChI=1S/C15H12FN5/c16-12-4-3-11(8-13(12)17)20-15-19-7-5-14(21-15)10-2-1-6-18-9-10/h1-9H,17H2,(H,19,20,21). The Morgan fingerprint density at radius 2 is 2.00 bits per heavy atom. The monoisotopic (exact) mass is 281 g/mol. The molecule has 0 fully saturated rings. The summed E-state index contributed by atoms with van der Waals surface area (Å²) in [6.45, 7) is 0. The van der Waals surface area contributed by atoms with Crippen molar-refractivity contribution < 1.29 is 4.39 Å². The van der Waals surface area contributed by atoms with E-state index in [2.05, 4.69) is 20.3 Å². The van der Waals surface area contributed by atoms with Gasteiger partial charge < -0.3 is 11.1 Å². The van der Waals surface area contributed by atoms with E-state index in [1.165, 1.54) is 12.1 Å². The number of nitrogens with one attached hydrogen (secondary N) is 1. The fraction of sp³-hybridized carbons (Fsp3) is 0. The van der Waals surface area contributed by atoms with E-state index in [-0.39, 0.29) is 5.69 Å². The third kappa shape index (κ3) is 2.94. The molecule has 6 heteroatoms. The number of hydrogen-bond acceptors (Lipinski definition) is 5. The summed E-state index contributed by atoms with van der Waals surface area (Å²) in [5.41, 5.74) is 7.86. The Labute approximate surface area is 120 Å². The highest BCUT2D eigenvalue weighted by atomic mass is 19.1. The molecule has 5 nitrogen and oxygen atoms in total. The lowest BCUT2D eigenvalue weighted by Gasteiger charge is -2.07. The molecular formula is C15H12FN5. The van der Waals surface area contributed by atoms with Crippen molar-refractivity contribution in [2.45, 2.75) is 0 Å². The minimum atomic E-state index is -0.453. The Bertz CT molecular complexity index is 761. The van der Waals surface area contributed by atoms with Crippen LogP contribution in [0.5, 0.6) is 0 Å². The predicted octanol–water partition coefficient (Wildman–Crippen LogP) is 3.00. The summed E-state index contributed by atoms with van der Waals surface area (Å²) in [5, 5.41) is 2.99. The van der Waals surface area contributed by atoms with Gasteiger partial charge in [0, 0.05) is 29.8 Å². The summed E-state index contributed by atoms with van der Waals surface area (Å²) in [7, 11) is 0. The molecule has 1 aromatic carbocycles. The molecule has 2 heterocycles. The topological polar surface area (TPSA) is 76.7 Å². The first kappa shape index (κ1) is 13.0. The second-order valence-corrected chi connectivity index (χ2v) is 4.37. The third-order valence-corrected chi connectivity index (χ3v) is 2.87. The van der Waals surface area contributed by atoms with Gasteiger partial charge in [0.1, 0.15) is 5.82 Å². The molecule has 0 unspecified atom stereocenters. The van der Waals surface area contributed by atoms with E-state index in [4.69, 9.17) is 5.73 Å². The van der Waals surface area contributed by atoms with E-state index in [0.29, 0.717) is 11.6 Å². The predicted molar refractivity (Wildman–Crippen MR) is 79.4 cm³/mol. The van der Waals surface area contributed by atoms with Crippen LogP contribution in [-0.2, 0) is 0 Å². The largest absolute Gasteiger partial charge is 0.396 e. The molecule has 104 valence electrons. The van der Waals surface area contributed by atoms with Crippen LogP contribution in [0.25, 0.3) is 11.3 Å². The van der Waals surface area contributed by atoms with Crippen molar-refractivity contribution in [1.82, 2.24) is 15.0 Å². The van der Waals surface area contributed by atoms with E-state index in [9.17, 15) is 4.39 Å². The van der Waals surface area contributed by atoms with Crippen molar-refractivity contribution in [1.29, 1.82) is 0 Å². The van der Waals surface area contributed by atoms with Crippen LogP contribution in [0.3, 0.4) is 0 Å². The molecule has 21 heavy (non-hydrogen) atoms. The number of halogens is 1. The number of anilines is 3. The number of nitrogen functional groups attached to an aromatic ring is 1. The molecule has 0 saturated carbocycles. The first-order valence-corrected chi connectivity index (χ1v) is 6.28. The minimum Gasteiger partial charge on any atom is -0.396 e. The number of nitrogens with zero attached hydrogens (tertiary/aromatic N) is 3. The highest BCUT2D eigenvalue weighted by Crippen LogP contribution is 2.21. The van der Waals surface area contributed by atoms with Gasteiger partial charge in [-0.3, -0.25) is 4.98 Å². The normalized spacial score (nSPS) is 10.3. The average molecular weight is 281 g/mol. The molecule has 0 amide bonds. The van der Waals surface area contributed by atoms with Gasteiger partial charge in [-0.1, -0.05) is 0 Å². The molecule has 0 aliphatic carbocycles. The van der Waals surface area contributed by atoms with Gasteiger partial charge in [-0.15, -0.1) is 0 Å². The highest BCUT2D eigenvalue weighted by Gasteiger charge is 2.04. The Hall–Kier alpha value is -3.02. The zero-order chi connectivity index (χ0) is 14.7. The summed E-state index contributed by atoms with van der Waals surface area (Å²) in [5.74, 6) is -0.0482. The van der Waals surface area contributed by atoms with Crippen molar-refractivity contribution in [2.24, 2.45) is 0 Å². The van der Waals surface area contributed by atoms with Crippen LogP contribution in [0.4, 0.5) is 21.7 Å². The minimum absolute atomic E-state index is 0.0726. The van der Waals surface area contributed by atoms with Crippen LogP contribution in [0, 0.1) is 5.82 Å². The third-order valence-electron chi connectivity index (χ3n) is 2.87. The van der Waals surface area contributed by atoms with Gasteiger partial charge in [-0.05, 0) is 36.4 Å². The lowest BCUT2D eigenvalue weighted by Crippen LogP contribution is -1.99. The molecule has 3 aromatic rings. The Balaban J connectivity index is 1.88. The van der Waals surface area contributed by atoms with Crippen LogP contribution in [0.1, 0.15) is 0 Å². The molecule has 2 aromatic heterocycles. The lowest BCUT2D eigenvalue weighted by molar-refractivity contribution is 0.632. The second kappa shape index (κ2) is 5.54. The van der Waals surface area contributed by atoms with Gasteiger partial charge in [0.2, 0.25) is 5.95 Å². The number of benzene rings is 1. The maximum atomic E-state index is 13.1. The van der Waals surface area contributed by atoms with Crippen LogP contribution in [-0.4, -0.2) is 15.0 Å². The smallest absolute Gasteiger partial charge is 0.227 e. The molecule has 0 aliphatic rings. The van der Waals surface area contributed by atoms with Gasteiger partial charge >= 0.3 is 0 Å². The van der Waals surface area contributed by atoms with Crippen LogP contribution in [0.2, 0.25) is 0 Å². The van der Waals surface area contributed by atoms with Crippen LogP contribution < -0.4 is 11.1 Å². The zero-order valence-electron chi connectivity index (χ0n) is 11.0. The Morgan fingerprint density at radius 1 is 1.10 bits per heavy atom. The first-order valence-electron chi connectivity index (χ1n) is 6.28. The second-order valence-electron chi connectivity index (χ2n) is 4.37. The molecule has 0 saturated heterocycles. The summed E-state index contributed by atoms with van der Waals surface area (Å²) < 4.78 is 13.1. The summed E-state index contributed by atoms with van der Waals surface area (Å²) in [4.78, 5) is 12.6. The number of hydrogen-bond donors (Lipinski definition) is 2. The molecule has 0 radical (unpaired) electrons. The van der Waals surface area contributed by atoms with Gasteiger partial charge in [0.05, 0.1) is 11.4 Å².